The lowest BCUT2D eigenvalue weighted by molar-refractivity contribution is -0.127. The van der Waals surface area contributed by atoms with Gasteiger partial charge in [-0.1, -0.05) is 0 Å². The van der Waals surface area contributed by atoms with Gasteiger partial charge in [0.05, 0.1) is 6.61 Å². The van der Waals surface area contributed by atoms with Gasteiger partial charge in [-0.05, 0) is 6.92 Å². The summed E-state index contributed by atoms with van der Waals surface area (Å²) in [6.07, 6.45) is -4.63. The summed E-state index contributed by atoms with van der Waals surface area (Å²) in [5, 5.41) is 41.6. The zero-order chi connectivity index (χ0) is 10.9. The SMILES string of the molecule is CCO.O=C[C@@H](O)[C@H](O)[C@H](O)CO. The summed E-state index contributed by atoms with van der Waals surface area (Å²) in [5.41, 5.74) is 0. The highest BCUT2D eigenvalue weighted by Crippen LogP contribution is 1.96. The van der Waals surface area contributed by atoms with Gasteiger partial charge in [0.1, 0.15) is 18.3 Å². The number of rotatable bonds is 4. The molecular formula is C7H16O6. The summed E-state index contributed by atoms with van der Waals surface area (Å²) in [6, 6.07) is 0. The van der Waals surface area contributed by atoms with Crippen LogP contribution in [0, 0.1) is 0 Å². The first-order valence-corrected chi connectivity index (χ1v) is 3.76. The highest BCUT2D eigenvalue weighted by Gasteiger charge is 2.22. The van der Waals surface area contributed by atoms with Gasteiger partial charge in [-0.2, -0.15) is 0 Å². The number of hydrogen-bond acceptors (Lipinski definition) is 6. The van der Waals surface area contributed by atoms with Crippen molar-refractivity contribution < 1.29 is 30.3 Å². The fourth-order valence-electron chi connectivity index (χ4n) is 0.416. The average molecular weight is 196 g/mol. The Hall–Kier alpha value is -0.530. The third-order valence-electron chi connectivity index (χ3n) is 1.07. The van der Waals surface area contributed by atoms with Gasteiger partial charge < -0.3 is 30.3 Å². The lowest BCUT2D eigenvalue weighted by Crippen LogP contribution is -2.40. The average Bonchev–Trinajstić information content (AvgIpc) is 2.15. The van der Waals surface area contributed by atoms with Gasteiger partial charge in [0.15, 0.2) is 6.29 Å². The Morgan fingerprint density at radius 1 is 1.23 bits per heavy atom. The van der Waals surface area contributed by atoms with Gasteiger partial charge >= 0.3 is 0 Å². The van der Waals surface area contributed by atoms with Crippen LogP contribution in [0.1, 0.15) is 6.92 Å². The summed E-state index contributed by atoms with van der Waals surface area (Å²) in [6.45, 7) is 1.24. The number of aliphatic hydroxyl groups excluding tert-OH is 5. The second kappa shape index (κ2) is 9.56. The third kappa shape index (κ3) is 7.82. The molecule has 5 N–H and O–H groups in total. The molecule has 0 unspecified atom stereocenters. The number of carbonyl (C=O) groups is 1. The van der Waals surface area contributed by atoms with Crippen LogP contribution in [0.5, 0.6) is 0 Å². The molecule has 3 atom stereocenters. The Morgan fingerprint density at radius 2 is 1.62 bits per heavy atom. The van der Waals surface area contributed by atoms with E-state index in [2.05, 4.69) is 0 Å². The molecule has 0 aromatic carbocycles. The van der Waals surface area contributed by atoms with Crippen molar-refractivity contribution in [2.75, 3.05) is 13.2 Å². The van der Waals surface area contributed by atoms with E-state index < -0.39 is 24.9 Å². The van der Waals surface area contributed by atoms with Crippen molar-refractivity contribution in [3.63, 3.8) is 0 Å². The van der Waals surface area contributed by atoms with E-state index in [-0.39, 0.29) is 12.9 Å². The van der Waals surface area contributed by atoms with E-state index in [1.165, 1.54) is 0 Å². The molecule has 0 rings (SSSR count). The van der Waals surface area contributed by atoms with E-state index in [0.717, 1.165) is 0 Å². The van der Waals surface area contributed by atoms with E-state index in [4.69, 9.17) is 25.5 Å². The number of carbonyl (C=O) groups excluding carboxylic acids is 1. The van der Waals surface area contributed by atoms with Crippen LogP contribution >= 0.6 is 0 Å². The molecule has 0 radical (unpaired) electrons. The summed E-state index contributed by atoms with van der Waals surface area (Å²) >= 11 is 0. The molecule has 0 saturated carbocycles. The molecular weight excluding hydrogens is 180 g/mol. The van der Waals surface area contributed by atoms with Crippen LogP contribution in [0.15, 0.2) is 0 Å². The summed E-state index contributed by atoms with van der Waals surface area (Å²) in [4.78, 5) is 9.76. The van der Waals surface area contributed by atoms with Crippen LogP contribution in [0.3, 0.4) is 0 Å². The van der Waals surface area contributed by atoms with E-state index in [0.29, 0.717) is 0 Å². The van der Waals surface area contributed by atoms with Crippen LogP contribution in [0.25, 0.3) is 0 Å². The zero-order valence-electron chi connectivity index (χ0n) is 7.37. The van der Waals surface area contributed by atoms with Crippen molar-refractivity contribution >= 4 is 6.29 Å². The molecule has 0 heterocycles. The molecule has 0 aliphatic heterocycles. The molecule has 13 heavy (non-hydrogen) atoms. The predicted octanol–water partition coefficient (Wildman–Crippen LogP) is -2.74. The molecule has 6 nitrogen and oxygen atoms in total. The Morgan fingerprint density at radius 3 is 1.85 bits per heavy atom. The number of hydrogen-bond donors (Lipinski definition) is 5. The van der Waals surface area contributed by atoms with Gasteiger partial charge in [-0.3, -0.25) is 0 Å². The molecule has 6 heteroatoms. The van der Waals surface area contributed by atoms with Gasteiger partial charge in [0.2, 0.25) is 0 Å². The molecule has 0 bridgehead atoms. The maximum atomic E-state index is 9.76. The van der Waals surface area contributed by atoms with Crippen molar-refractivity contribution in [2.45, 2.75) is 25.2 Å². The first-order chi connectivity index (χ1) is 6.04. The highest BCUT2D eigenvalue weighted by atomic mass is 16.4. The first kappa shape index (κ1) is 15.0. The Kier molecular flexibility index (Phi) is 11.0. The highest BCUT2D eigenvalue weighted by molar-refractivity contribution is 5.56. The summed E-state index contributed by atoms with van der Waals surface area (Å²) in [5.74, 6) is 0. The molecule has 0 aliphatic rings. The van der Waals surface area contributed by atoms with Crippen molar-refractivity contribution in [3.8, 4) is 0 Å². The normalized spacial score (nSPS) is 16.5. The fraction of sp³-hybridized carbons (Fsp3) is 0.857. The first-order valence-electron chi connectivity index (χ1n) is 3.76. The second-order valence-corrected chi connectivity index (χ2v) is 2.18. The van der Waals surface area contributed by atoms with Gasteiger partial charge in [0.25, 0.3) is 0 Å². The van der Waals surface area contributed by atoms with E-state index in [1.54, 1.807) is 6.92 Å². The van der Waals surface area contributed by atoms with E-state index in [1.807, 2.05) is 0 Å². The molecule has 0 spiro atoms. The molecule has 0 fully saturated rings. The van der Waals surface area contributed by atoms with Crippen LogP contribution < -0.4 is 0 Å². The lowest BCUT2D eigenvalue weighted by Gasteiger charge is -2.16. The minimum absolute atomic E-state index is 0.0869. The number of aliphatic hydroxyl groups is 5. The quantitative estimate of drug-likeness (QED) is 0.311. The monoisotopic (exact) mass is 196 g/mol. The second-order valence-electron chi connectivity index (χ2n) is 2.18. The zero-order valence-corrected chi connectivity index (χ0v) is 7.37. The Bertz CT molecular complexity index is 118. The van der Waals surface area contributed by atoms with Crippen molar-refractivity contribution in [2.24, 2.45) is 0 Å². The third-order valence-corrected chi connectivity index (χ3v) is 1.07. The van der Waals surface area contributed by atoms with Gasteiger partial charge in [-0.15, -0.1) is 0 Å². The Labute approximate surface area is 76.1 Å². The van der Waals surface area contributed by atoms with Crippen LogP contribution in [0.2, 0.25) is 0 Å². The molecule has 0 amide bonds. The van der Waals surface area contributed by atoms with E-state index in [9.17, 15) is 4.79 Å². The maximum absolute atomic E-state index is 9.76. The Balaban J connectivity index is 0. The van der Waals surface area contributed by atoms with Gasteiger partial charge in [-0.25, -0.2) is 0 Å². The predicted molar refractivity (Wildman–Crippen MR) is 43.9 cm³/mol. The van der Waals surface area contributed by atoms with Gasteiger partial charge in [0, 0.05) is 6.61 Å². The molecule has 80 valence electrons. The standard InChI is InChI=1S/C5H10O5.C2H6O/c6-1-3(8)5(10)4(9)2-7;1-2-3/h1,3-5,7-10H,2H2;3H,2H2,1H3/t3-,4-,5+;/m1./s1. The van der Waals surface area contributed by atoms with Crippen molar-refractivity contribution in [3.05, 3.63) is 0 Å². The smallest absolute Gasteiger partial charge is 0.151 e. The minimum Gasteiger partial charge on any atom is -0.397 e. The van der Waals surface area contributed by atoms with E-state index >= 15 is 0 Å². The van der Waals surface area contributed by atoms with Crippen molar-refractivity contribution in [1.82, 2.24) is 0 Å². The maximum Gasteiger partial charge on any atom is 0.151 e. The molecule has 0 saturated heterocycles. The molecule has 0 aliphatic carbocycles. The largest absolute Gasteiger partial charge is 0.397 e. The lowest BCUT2D eigenvalue weighted by atomic mass is 10.1. The fourth-order valence-corrected chi connectivity index (χ4v) is 0.416. The topological polar surface area (TPSA) is 118 Å². The minimum atomic E-state index is -1.64. The summed E-state index contributed by atoms with van der Waals surface area (Å²) < 4.78 is 0. The van der Waals surface area contributed by atoms with Crippen LogP contribution in [-0.2, 0) is 4.79 Å². The van der Waals surface area contributed by atoms with Crippen molar-refractivity contribution in [1.29, 1.82) is 0 Å². The van der Waals surface area contributed by atoms with Crippen LogP contribution in [0.4, 0.5) is 0 Å². The molecule has 0 aromatic heterocycles. The summed E-state index contributed by atoms with van der Waals surface area (Å²) in [7, 11) is 0. The number of aldehydes is 1. The van der Waals surface area contributed by atoms with Crippen LogP contribution in [-0.4, -0.2) is 63.3 Å². The molecule has 0 aromatic rings.